The van der Waals surface area contributed by atoms with Crippen molar-refractivity contribution in [1.29, 1.82) is 0 Å². The number of hydrogen-bond acceptors (Lipinski definition) is 5. The molecule has 0 spiro atoms. The quantitative estimate of drug-likeness (QED) is 0.378. The molecule has 1 aromatic carbocycles. The standard InChI is InChI=1S/C15H16N4O2/c16-15(18-20)14-12(5-3-7-17-14)19-8-9-21-13-6-2-1-4-11(13)10-19/h1-7,20H,8-10H2,(H2,16,18). The summed E-state index contributed by atoms with van der Waals surface area (Å²) in [4.78, 5) is 6.33. The number of para-hydroxylation sites is 1. The van der Waals surface area contributed by atoms with Gasteiger partial charge >= 0.3 is 0 Å². The highest BCUT2D eigenvalue weighted by Gasteiger charge is 2.19. The Bertz CT molecular complexity index is 672. The van der Waals surface area contributed by atoms with Crippen molar-refractivity contribution < 1.29 is 9.94 Å². The highest BCUT2D eigenvalue weighted by atomic mass is 16.5. The number of pyridine rings is 1. The van der Waals surface area contributed by atoms with E-state index in [4.69, 9.17) is 15.7 Å². The average Bonchev–Trinajstić information content (AvgIpc) is 2.76. The van der Waals surface area contributed by atoms with Gasteiger partial charge in [0.05, 0.1) is 12.2 Å². The molecule has 0 atom stereocenters. The van der Waals surface area contributed by atoms with Crippen molar-refractivity contribution in [2.75, 3.05) is 18.1 Å². The first kappa shape index (κ1) is 13.2. The number of anilines is 1. The predicted molar refractivity (Wildman–Crippen MR) is 79.7 cm³/mol. The molecule has 6 nitrogen and oxygen atoms in total. The molecule has 0 radical (unpaired) electrons. The Morgan fingerprint density at radius 1 is 1.29 bits per heavy atom. The van der Waals surface area contributed by atoms with Crippen molar-refractivity contribution in [2.45, 2.75) is 6.54 Å². The third-order valence-corrected chi connectivity index (χ3v) is 3.43. The fourth-order valence-corrected chi connectivity index (χ4v) is 2.43. The van der Waals surface area contributed by atoms with E-state index >= 15 is 0 Å². The molecule has 0 amide bonds. The van der Waals surface area contributed by atoms with E-state index in [1.54, 1.807) is 6.20 Å². The first-order valence-electron chi connectivity index (χ1n) is 6.68. The van der Waals surface area contributed by atoms with Crippen LogP contribution >= 0.6 is 0 Å². The lowest BCUT2D eigenvalue weighted by Gasteiger charge is -2.23. The van der Waals surface area contributed by atoms with E-state index in [-0.39, 0.29) is 5.84 Å². The molecule has 1 aliphatic heterocycles. The van der Waals surface area contributed by atoms with Gasteiger partial charge in [-0.15, -0.1) is 0 Å². The Morgan fingerprint density at radius 3 is 3.00 bits per heavy atom. The SMILES string of the molecule is N/C(=N/O)c1ncccc1N1CCOc2ccccc2C1. The maximum atomic E-state index is 8.90. The number of nitrogens with zero attached hydrogens (tertiary/aromatic N) is 3. The lowest BCUT2D eigenvalue weighted by Crippen LogP contribution is -2.29. The molecule has 0 saturated heterocycles. The second-order valence-corrected chi connectivity index (χ2v) is 4.73. The minimum Gasteiger partial charge on any atom is -0.491 e. The van der Waals surface area contributed by atoms with Crippen LogP contribution < -0.4 is 15.4 Å². The van der Waals surface area contributed by atoms with Crippen molar-refractivity contribution in [1.82, 2.24) is 4.98 Å². The van der Waals surface area contributed by atoms with Crippen LogP contribution in [-0.2, 0) is 6.54 Å². The molecule has 3 N–H and O–H groups in total. The number of hydrogen-bond donors (Lipinski definition) is 2. The van der Waals surface area contributed by atoms with Gasteiger partial charge in [0.2, 0.25) is 0 Å². The summed E-state index contributed by atoms with van der Waals surface area (Å²) in [6.07, 6.45) is 1.62. The van der Waals surface area contributed by atoms with Gasteiger partial charge in [-0.1, -0.05) is 23.4 Å². The molecule has 2 aromatic rings. The smallest absolute Gasteiger partial charge is 0.190 e. The largest absolute Gasteiger partial charge is 0.491 e. The van der Waals surface area contributed by atoms with Crippen LogP contribution in [0.15, 0.2) is 47.8 Å². The summed E-state index contributed by atoms with van der Waals surface area (Å²) in [6, 6.07) is 11.7. The fraction of sp³-hybridized carbons (Fsp3) is 0.200. The highest BCUT2D eigenvalue weighted by molar-refractivity contribution is 6.00. The molecule has 0 fully saturated rings. The van der Waals surface area contributed by atoms with E-state index in [0.29, 0.717) is 25.4 Å². The number of nitrogens with two attached hydrogens (primary N) is 1. The van der Waals surface area contributed by atoms with Crippen molar-refractivity contribution in [3.63, 3.8) is 0 Å². The number of oxime groups is 1. The number of amidine groups is 1. The molecule has 108 valence electrons. The Kier molecular flexibility index (Phi) is 3.59. The average molecular weight is 284 g/mol. The van der Waals surface area contributed by atoms with E-state index in [9.17, 15) is 0 Å². The molecule has 0 aliphatic carbocycles. The normalized spacial score (nSPS) is 15.0. The summed E-state index contributed by atoms with van der Waals surface area (Å²) >= 11 is 0. The van der Waals surface area contributed by atoms with Crippen molar-refractivity contribution in [3.05, 3.63) is 53.9 Å². The summed E-state index contributed by atoms with van der Waals surface area (Å²) in [7, 11) is 0. The van der Waals surface area contributed by atoms with Crippen molar-refractivity contribution in [3.8, 4) is 5.75 Å². The molecule has 1 aromatic heterocycles. The van der Waals surface area contributed by atoms with Gasteiger partial charge < -0.3 is 20.6 Å². The second-order valence-electron chi connectivity index (χ2n) is 4.73. The van der Waals surface area contributed by atoms with Crippen LogP contribution in [0, 0.1) is 0 Å². The maximum absolute atomic E-state index is 8.90. The minimum absolute atomic E-state index is 0.00375. The van der Waals surface area contributed by atoms with Crippen LogP contribution in [0.25, 0.3) is 0 Å². The minimum atomic E-state index is 0.00375. The predicted octanol–water partition coefficient (Wildman–Crippen LogP) is 1.58. The van der Waals surface area contributed by atoms with Crippen molar-refractivity contribution >= 4 is 11.5 Å². The summed E-state index contributed by atoms with van der Waals surface area (Å²) in [5.74, 6) is 0.901. The number of fused-ring (bicyclic) bond motifs is 1. The molecule has 0 bridgehead atoms. The molecule has 3 rings (SSSR count). The van der Waals surface area contributed by atoms with Crippen LogP contribution in [0.2, 0.25) is 0 Å². The van der Waals surface area contributed by atoms with Crippen molar-refractivity contribution in [2.24, 2.45) is 10.9 Å². The molecule has 6 heteroatoms. The van der Waals surface area contributed by atoms with Gasteiger partial charge in [-0.3, -0.25) is 4.98 Å². The van der Waals surface area contributed by atoms with Crippen LogP contribution in [0.1, 0.15) is 11.3 Å². The number of ether oxygens (including phenoxy) is 1. The highest BCUT2D eigenvalue weighted by Crippen LogP contribution is 2.27. The third kappa shape index (κ3) is 2.60. The summed E-state index contributed by atoms with van der Waals surface area (Å²) in [6.45, 7) is 1.96. The molecule has 1 aliphatic rings. The zero-order chi connectivity index (χ0) is 14.7. The monoisotopic (exact) mass is 284 g/mol. The first-order valence-corrected chi connectivity index (χ1v) is 6.68. The van der Waals surface area contributed by atoms with E-state index < -0.39 is 0 Å². The van der Waals surface area contributed by atoms with Gasteiger partial charge in [0.1, 0.15) is 18.1 Å². The van der Waals surface area contributed by atoms with Gasteiger partial charge in [-0.05, 0) is 18.2 Å². The summed E-state index contributed by atoms with van der Waals surface area (Å²) in [5, 5.41) is 12.0. The molecule has 21 heavy (non-hydrogen) atoms. The maximum Gasteiger partial charge on any atom is 0.190 e. The Morgan fingerprint density at radius 2 is 2.14 bits per heavy atom. The topological polar surface area (TPSA) is 84.0 Å². The summed E-state index contributed by atoms with van der Waals surface area (Å²) < 4.78 is 5.75. The number of benzene rings is 1. The molecule has 2 heterocycles. The molecule has 0 saturated carbocycles. The lowest BCUT2D eigenvalue weighted by atomic mass is 10.1. The van der Waals surface area contributed by atoms with E-state index in [2.05, 4.69) is 15.0 Å². The summed E-state index contributed by atoms with van der Waals surface area (Å²) in [5.41, 5.74) is 8.11. The zero-order valence-electron chi connectivity index (χ0n) is 11.4. The molecular formula is C15H16N4O2. The van der Waals surface area contributed by atoms with Crippen LogP contribution in [0.3, 0.4) is 0 Å². The lowest BCUT2D eigenvalue weighted by molar-refractivity contribution is 0.318. The Balaban J connectivity index is 1.98. The fourth-order valence-electron chi connectivity index (χ4n) is 2.43. The van der Waals surface area contributed by atoms with E-state index in [1.807, 2.05) is 36.4 Å². The van der Waals surface area contributed by atoms with Gasteiger partial charge in [-0.2, -0.15) is 0 Å². The number of aromatic nitrogens is 1. The van der Waals surface area contributed by atoms with Gasteiger partial charge in [0, 0.05) is 18.3 Å². The van der Waals surface area contributed by atoms with Crippen LogP contribution in [-0.4, -0.2) is 29.2 Å². The van der Waals surface area contributed by atoms with E-state index in [1.165, 1.54) is 0 Å². The number of rotatable bonds is 2. The van der Waals surface area contributed by atoms with Crippen LogP contribution in [0.4, 0.5) is 5.69 Å². The van der Waals surface area contributed by atoms with Crippen LogP contribution in [0.5, 0.6) is 5.75 Å². The first-order chi connectivity index (χ1) is 10.3. The molecule has 0 unspecified atom stereocenters. The van der Waals surface area contributed by atoms with E-state index in [0.717, 1.165) is 17.0 Å². The Hall–Kier alpha value is -2.76. The molecular weight excluding hydrogens is 268 g/mol. The van der Waals surface area contributed by atoms with Gasteiger partial charge in [0.25, 0.3) is 0 Å². The van der Waals surface area contributed by atoms with Gasteiger partial charge in [-0.25, -0.2) is 0 Å². The zero-order valence-corrected chi connectivity index (χ0v) is 11.4. The third-order valence-electron chi connectivity index (χ3n) is 3.43. The second kappa shape index (κ2) is 5.70. The van der Waals surface area contributed by atoms with Gasteiger partial charge in [0.15, 0.2) is 5.84 Å². The Labute approximate surface area is 122 Å².